The van der Waals surface area contributed by atoms with Crippen molar-refractivity contribution in [3.63, 3.8) is 0 Å². The molecule has 4 aromatic rings. The van der Waals surface area contributed by atoms with Gasteiger partial charge in [0.05, 0.1) is 44.3 Å². The van der Waals surface area contributed by atoms with Gasteiger partial charge in [-0.15, -0.1) is 0 Å². The van der Waals surface area contributed by atoms with Gasteiger partial charge in [-0.25, -0.2) is 42.8 Å². The van der Waals surface area contributed by atoms with Gasteiger partial charge < -0.3 is 34.7 Å². The number of hydrogen-bond acceptors (Lipinski definition) is 13. The lowest BCUT2D eigenvalue weighted by molar-refractivity contribution is -0.0434. The van der Waals surface area contributed by atoms with Crippen LogP contribution in [0.15, 0.2) is 30.1 Å². The Balaban J connectivity index is 1.08. The van der Waals surface area contributed by atoms with E-state index in [1.54, 1.807) is 0 Å². The molecular weight excluding hydrogens is 650 g/mol. The van der Waals surface area contributed by atoms with Crippen molar-refractivity contribution in [2.75, 3.05) is 18.9 Å². The molecule has 1 saturated heterocycles. The number of nitrogens with zero attached hydrogens (tertiary/aromatic N) is 7. The molecular formula is C22H25F2N9O10P2. The number of H-pyrrole nitrogens is 1. The number of halogens is 2. The van der Waals surface area contributed by atoms with Crippen LogP contribution in [0, 0.1) is 11.3 Å². The zero-order valence-corrected chi connectivity index (χ0v) is 24.5. The van der Waals surface area contributed by atoms with Crippen LogP contribution < -0.4 is 11.3 Å². The Labute approximate surface area is 249 Å². The van der Waals surface area contributed by atoms with Crippen LogP contribution in [0.3, 0.4) is 0 Å². The number of imidazole rings is 2. The maximum absolute atomic E-state index is 16.2. The monoisotopic (exact) mass is 675 g/mol. The first-order valence-electron chi connectivity index (χ1n) is 13.4. The van der Waals surface area contributed by atoms with E-state index in [4.69, 9.17) is 24.0 Å². The highest BCUT2D eigenvalue weighted by atomic mass is 31.2. The standard InChI is InChI=1S/C22H25F2N9O10P2/c23-11-1-9(42-21(11)33-8-31-14-19(33)28-6-29-20(14)34)3-40-45(38,39)43-16-12(24)15(10-2-22(10,16)4-41-44(35,36)37)32-7-30-13-17(25)26-5-27-18(13)32/h5-12,15-16,21H,1-4H2,(H,38,39)(H2,25,26,27)(H,28,29,34)(H2,35,36,37). The van der Waals surface area contributed by atoms with E-state index in [1.165, 1.54) is 21.8 Å². The number of hydrogen-bond donors (Lipinski definition) is 5. The Kier molecular flexibility index (Phi) is 7.19. The van der Waals surface area contributed by atoms with E-state index in [9.17, 15) is 33.0 Å². The lowest BCUT2D eigenvalue weighted by atomic mass is 10.0. The molecule has 7 rings (SSSR count). The van der Waals surface area contributed by atoms with Crippen LogP contribution in [-0.2, 0) is 27.4 Å². The van der Waals surface area contributed by atoms with Gasteiger partial charge in [0.1, 0.15) is 30.3 Å². The lowest BCUT2D eigenvalue weighted by Gasteiger charge is -2.28. The molecule has 9 unspecified atom stereocenters. The number of aromatic amines is 1. The molecule has 3 aliphatic rings. The summed E-state index contributed by atoms with van der Waals surface area (Å²) in [7, 11) is -10.1. The number of anilines is 1. The minimum Gasteiger partial charge on any atom is -0.382 e. The van der Waals surface area contributed by atoms with E-state index >= 15 is 4.39 Å². The predicted octanol–water partition coefficient (Wildman–Crippen LogP) is 0.678. The quantitative estimate of drug-likeness (QED) is 0.145. The van der Waals surface area contributed by atoms with E-state index in [0.717, 1.165) is 12.7 Å². The fourth-order valence-corrected chi connectivity index (χ4v) is 7.80. The van der Waals surface area contributed by atoms with E-state index in [0.29, 0.717) is 0 Å². The number of alkyl halides is 2. The summed E-state index contributed by atoms with van der Waals surface area (Å²) in [6.07, 6.45) is -3.15. The van der Waals surface area contributed by atoms with Gasteiger partial charge in [-0.2, -0.15) is 0 Å². The summed E-state index contributed by atoms with van der Waals surface area (Å²) in [5.41, 5.74) is 4.28. The van der Waals surface area contributed by atoms with Crippen molar-refractivity contribution in [2.24, 2.45) is 11.3 Å². The van der Waals surface area contributed by atoms with Crippen LogP contribution in [0.4, 0.5) is 14.6 Å². The van der Waals surface area contributed by atoms with Gasteiger partial charge in [0.2, 0.25) is 0 Å². The van der Waals surface area contributed by atoms with E-state index in [-0.39, 0.29) is 41.0 Å². The molecule has 23 heteroatoms. The maximum atomic E-state index is 16.2. The number of fused-ring (bicyclic) bond motifs is 3. The van der Waals surface area contributed by atoms with Crippen molar-refractivity contribution in [3.05, 3.63) is 35.7 Å². The molecule has 0 radical (unpaired) electrons. The third-order valence-corrected chi connectivity index (χ3v) is 9.86. The summed E-state index contributed by atoms with van der Waals surface area (Å²) < 4.78 is 79.2. The first-order chi connectivity index (χ1) is 21.3. The molecule has 0 bridgehead atoms. The summed E-state index contributed by atoms with van der Waals surface area (Å²) in [5, 5.41) is 0. The molecule has 9 atom stereocenters. The fourth-order valence-electron chi connectivity index (χ4n) is 6.36. The van der Waals surface area contributed by atoms with Crippen LogP contribution in [0.25, 0.3) is 22.3 Å². The van der Waals surface area contributed by atoms with Crippen molar-refractivity contribution < 1.29 is 50.9 Å². The van der Waals surface area contributed by atoms with Gasteiger partial charge in [-0.1, -0.05) is 0 Å². The van der Waals surface area contributed by atoms with E-state index in [2.05, 4.69) is 29.9 Å². The molecule has 3 fully saturated rings. The molecule has 0 aromatic carbocycles. The Morgan fingerprint density at radius 3 is 2.58 bits per heavy atom. The molecule has 19 nitrogen and oxygen atoms in total. The highest BCUT2D eigenvalue weighted by Crippen LogP contribution is 2.72. The van der Waals surface area contributed by atoms with Crippen molar-refractivity contribution >= 4 is 43.8 Å². The molecule has 1 aliphatic heterocycles. The topological polar surface area (TPSA) is 265 Å². The van der Waals surface area contributed by atoms with Crippen molar-refractivity contribution in [2.45, 2.75) is 49.7 Å². The zero-order valence-electron chi connectivity index (χ0n) is 22.7. The third-order valence-electron chi connectivity index (χ3n) is 8.42. The molecule has 0 amide bonds. The average Bonchev–Trinajstić information content (AvgIpc) is 3.31. The molecule has 45 heavy (non-hydrogen) atoms. The summed E-state index contributed by atoms with van der Waals surface area (Å²) in [4.78, 5) is 63.6. The zero-order chi connectivity index (χ0) is 31.9. The van der Waals surface area contributed by atoms with Gasteiger partial charge in [0.25, 0.3) is 5.56 Å². The maximum Gasteiger partial charge on any atom is 0.472 e. The Morgan fingerprint density at radius 1 is 1.07 bits per heavy atom. The van der Waals surface area contributed by atoms with Gasteiger partial charge in [0, 0.05) is 11.8 Å². The number of nitrogen functional groups attached to an aromatic ring is 1. The number of phosphoric ester groups is 2. The first kappa shape index (κ1) is 30.4. The number of nitrogens with two attached hydrogens (primary N) is 1. The highest BCUT2D eigenvalue weighted by molar-refractivity contribution is 7.47. The van der Waals surface area contributed by atoms with Crippen LogP contribution in [0.2, 0.25) is 0 Å². The smallest absolute Gasteiger partial charge is 0.382 e. The molecule has 6 N–H and O–H groups in total. The second-order valence-electron chi connectivity index (χ2n) is 11.1. The number of nitrogens with one attached hydrogen (secondary N) is 1. The minimum absolute atomic E-state index is 0.0356. The molecule has 4 aromatic heterocycles. The van der Waals surface area contributed by atoms with Crippen LogP contribution in [0.5, 0.6) is 0 Å². The van der Waals surface area contributed by atoms with Gasteiger partial charge in [-0.05, 0) is 12.3 Å². The van der Waals surface area contributed by atoms with E-state index < -0.39 is 82.6 Å². The van der Waals surface area contributed by atoms with Gasteiger partial charge in [0.15, 0.2) is 28.9 Å². The van der Waals surface area contributed by atoms with Crippen molar-refractivity contribution in [1.82, 2.24) is 39.0 Å². The van der Waals surface area contributed by atoms with Gasteiger partial charge in [-0.3, -0.25) is 22.9 Å². The first-order valence-corrected chi connectivity index (χ1v) is 16.4. The number of aromatic nitrogens is 8. The van der Waals surface area contributed by atoms with Crippen LogP contribution in [-0.4, -0.2) is 91.5 Å². The normalized spacial score (nSPS) is 32.7. The predicted molar refractivity (Wildman–Crippen MR) is 144 cm³/mol. The highest BCUT2D eigenvalue weighted by Gasteiger charge is 2.74. The Bertz CT molecular complexity index is 1940. The fraction of sp³-hybridized carbons (Fsp3) is 0.545. The van der Waals surface area contributed by atoms with Crippen molar-refractivity contribution in [1.29, 1.82) is 0 Å². The third kappa shape index (κ3) is 5.27. The largest absolute Gasteiger partial charge is 0.472 e. The Hall–Kier alpha value is -3.26. The second kappa shape index (κ2) is 10.6. The number of ether oxygens (including phenoxy) is 1. The molecule has 5 heterocycles. The van der Waals surface area contributed by atoms with Gasteiger partial charge >= 0.3 is 15.6 Å². The Morgan fingerprint density at radius 2 is 1.80 bits per heavy atom. The molecule has 2 aliphatic carbocycles. The molecule has 242 valence electrons. The summed E-state index contributed by atoms with van der Waals surface area (Å²) in [6.45, 7) is -1.34. The van der Waals surface area contributed by atoms with E-state index in [1.807, 2.05) is 0 Å². The lowest BCUT2D eigenvalue weighted by Crippen LogP contribution is -2.35. The second-order valence-corrected chi connectivity index (χ2v) is 13.7. The molecule has 0 spiro atoms. The van der Waals surface area contributed by atoms with Crippen LogP contribution in [0.1, 0.15) is 25.1 Å². The summed E-state index contributed by atoms with van der Waals surface area (Å²) >= 11 is 0. The van der Waals surface area contributed by atoms with Crippen LogP contribution >= 0.6 is 15.6 Å². The van der Waals surface area contributed by atoms with Crippen molar-refractivity contribution in [3.8, 4) is 0 Å². The summed E-state index contributed by atoms with van der Waals surface area (Å²) in [5.74, 6) is -0.632. The summed E-state index contributed by atoms with van der Waals surface area (Å²) in [6, 6.07) is -1.09. The average molecular weight is 675 g/mol. The molecule has 2 saturated carbocycles. The number of rotatable bonds is 10. The SMILES string of the molecule is Nc1ncnc2c1ncn2C1C(F)C(OP(=O)(O)OCC2CC(F)C(n3cnc4c(=O)[nH]cnc43)O2)C2(COP(=O)(O)O)CC12. The minimum atomic E-state index is -5.09. The number of phosphoric acid groups is 2.